The van der Waals surface area contributed by atoms with Gasteiger partial charge in [0.15, 0.2) is 4.80 Å². The minimum atomic E-state index is -4.49. The number of aromatic nitrogens is 1. The van der Waals surface area contributed by atoms with E-state index in [1.54, 1.807) is 11.6 Å². The summed E-state index contributed by atoms with van der Waals surface area (Å²) in [6, 6.07) is 10.3. The monoisotopic (exact) mass is 364 g/mol. The molecular formula is C18H15F3N2OS. The summed E-state index contributed by atoms with van der Waals surface area (Å²) in [6.07, 6.45) is -3.59. The van der Waals surface area contributed by atoms with Crippen molar-refractivity contribution >= 4 is 27.5 Å². The number of benzene rings is 2. The Balaban J connectivity index is 2.04. The molecule has 0 atom stereocenters. The summed E-state index contributed by atoms with van der Waals surface area (Å²) >= 11 is 1.34. The van der Waals surface area contributed by atoms with Gasteiger partial charge in [0.05, 0.1) is 15.8 Å². The van der Waals surface area contributed by atoms with E-state index in [0.717, 1.165) is 28.8 Å². The first kappa shape index (κ1) is 17.4. The molecule has 130 valence electrons. The molecule has 0 bridgehead atoms. The van der Waals surface area contributed by atoms with Crippen LogP contribution in [0.2, 0.25) is 0 Å². The molecule has 0 unspecified atom stereocenters. The van der Waals surface area contributed by atoms with E-state index in [0.29, 0.717) is 4.80 Å². The van der Waals surface area contributed by atoms with Crippen LogP contribution in [0.5, 0.6) is 0 Å². The number of thiazole rings is 1. The lowest BCUT2D eigenvalue weighted by molar-refractivity contribution is -0.137. The predicted octanol–water partition coefficient (Wildman–Crippen LogP) is 4.56. The number of aryl methyl sites for hydroxylation is 2. The van der Waals surface area contributed by atoms with Crippen molar-refractivity contribution in [3.63, 3.8) is 0 Å². The van der Waals surface area contributed by atoms with E-state index >= 15 is 0 Å². The van der Waals surface area contributed by atoms with Crippen LogP contribution in [-0.4, -0.2) is 10.5 Å². The molecule has 2 aromatic carbocycles. The quantitative estimate of drug-likeness (QED) is 0.656. The van der Waals surface area contributed by atoms with Crippen molar-refractivity contribution in [1.29, 1.82) is 0 Å². The minimum absolute atomic E-state index is 0.0819. The number of hydrogen-bond acceptors (Lipinski definition) is 2. The molecule has 7 heteroatoms. The Bertz CT molecular complexity index is 1020. The molecule has 0 radical (unpaired) electrons. The summed E-state index contributed by atoms with van der Waals surface area (Å²) < 4.78 is 41.1. The molecule has 3 aromatic rings. The van der Waals surface area contributed by atoms with Gasteiger partial charge in [0.1, 0.15) is 0 Å². The van der Waals surface area contributed by atoms with Gasteiger partial charge in [0, 0.05) is 12.6 Å². The molecule has 0 spiro atoms. The lowest BCUT2D eigenvalue weighted by atomic mass is 10.1. The van der Waals surface area contributed by atoms with E-state index in [1.165, 1.54) is 29.0 Å². The molecule has 3 nitrogen and oxygen atoms in total. The maximum atomic E-state index is 12.8. The van der Waals surface area contributed by atoms with Gasteiger partial charge in [0.2, 0.25) is 0 Å². The van der Waals surface area contributed by atoms with E-state index < -0.39 is 17.6 Å². The summed E-state index contributed by atoms with van der Waals surface area (Å²) in [5.41, 5.74) is 1.16. The Labute approximate surface area is 146 Å². The molecule has 3 rings (SSSR count). The van der Waals surface area contributed by atoms with Crippen molar-refractivity contribution in [1.82, 2.24) is 4.57 Å². The molecule has 0 aliphatic heterocycles. The number of halogens is 3. The molecule has 1 aromatic heterocycles. The normalized spacial score (nSPS) is 12.8. The summed E-state index contributed by atoms with van der Waals surface area (Å²) in [4.78, 5) is 16.8. The summed E-state index contributed by atoms with van der Waals surface area (Å²) in [7, 11) is 1.78. The van der Waals surface area contributed by atoms with Crippen molar-refractivity contribution in [2.75, 3.05) is 0 Å². The SMILES string of the molecule is CCc1ccc2c(c1)sc(=NC(=O)c1cccc(C(F)(F)F)c1)n2C. The number of carbonyl (C=O) groups excluding carboxylic acids is 1. The summed E-state index contributed by atoms with van der Waals surface area (Å²) in [5.74, 6) is -0.691. The second-order valence-electron chi connectivity index (χ2n) is 5.59. The van der Waals surface area contributed by atoms with Crippen LogP contribution < -0.4 is 4.80 Å². The van der Waals surface area contributed by atoms with Crippen LogP contribution in [-0.2, 0) is 19.6 Å². The first-order valence-electron chi connectivity index (χ1n) is 7.64. The Morgan fingerprint density at radius 1 is 1.20 bits per heavy atom. The fourth-order valence-corrected chi connectivity index (χ4v) is 3.57. The fourth-order valence-electron chi connectivity index (χ4n) is 2.48. The molecule has 0 N–H and O–H groups in total. The topological polar surface area (TPSA) is 34.4 Å². The number of carbonyl (C=O) groups is 1. The number of nitrogens with zero attached hydrogens (tertiary/aromatic N) is 2. The molecule has 0 saturated heterocycles. The third kappa shape index (κ3) is 3.51. The highest BCUT2D eigenvalue weighted by Crippen LogP contribution is 2.29. The molecule has 1 heterocycles. The van der Waals surface area contributed by atoms with Crippen LogP contribution in [0.3, 0.4) is 0 Å². The van der Waals surface area contributed by atoms with Gasteiger partial charge in [-0.15, -0.1) is 0 Å². The minimum Gasteiger partial charge on any atom is -0.319 e. The zero-order valence-electron chi connectivity index (χ0n) is 13.6. The van der Waals surface area contributed by atoms with Crippen LogP contribution in [0.4, 0.5) is 13.2 Å². The van der Waals surface area contributed by atoms with Crippen molar-refractivity contribution in [3.8, 4) is 0 Å². The molecule has 0 fully saturated rings. The largest absolute Gasteiger partial charge is 0.416 e. The summed E-state index contributed by atoms with van der Waals surface area (Å²) in [5, 5.41) is 0. The highest BCUT2D eigenvalue weighted by atomic mass is 32.1. The van der Waals surface area contributed by atoms with Gasteiger partial charge < -0.3 is 4.57 Å². The molecule has 0 saturated carbocycles. The Morgan fingerprint density at radius 2 is 1.96 bits per heavy atom. The van der Waals surface area contributed by atoms with E-state index in [4.69, 9.17) is 0 Å². The maximum absolute atomic E-state index is 12.8. The van der Waals surface area contributed by atoms with Crippen molar-refractivity contribution in [2.24, 2.45) is 12.0 Å². The number of amides is 1. The highest BCUT2D eigenvalue weighted by molar-refractivity contribution is 7.16. The smallest absolute Gasteiger partial charge is 0.319 e. The van der Waals surface area contributed by atoms with Crippen LogP contribution >= 0.6 is 11.3 Å². The van der Waals surface area contributed by atoms with Crippen LogP contribution in [0.15, 0.2) is 47.5 Å². The predicted molar refractivity (Wildman–Crippen MR) is 91.5 cm³/mol. The molecule has 0 aliphatic carbocycles. The average molecular weight is 364 g/mol. The van der Waals surface area contributed by atoms with Crippen LogP contribution in [0, 0.1) is 0 Å². The van der Waals surface area contributed by atoms with Gasteiger partial charge in [-0.25, -0.2) is 0 Å². The number of hydrogen-bond donors (Lipinski definition) is 0. The van der Waals surface area contributed by atoms with Gasteiger partial charge in [-0.3, -0.25) is 4.79 Å². The maximum Gasteiger partial charge on any atom is 0.416 e. The average Bonchev–Trinajstić information content (AvgIpc) is 2.89. The Kier molecular flexibility index (Phi) is 4.51. The molecule has 0 aliphatic rings. The van der Waals surface area contributed by atoms with Gasteiger partial charge in [-0.05, 0) is 42.3 Å². The van der Waals surface area contributed by atoms with Gasteiger partial charge >= 0.3 is 6.18 Å². The Hall–Kier alpha value is -2.41. The van der Waals surface area contributed by atoms with Crippen LogP contribution in [0.25, 0.3) is 10.2 Å². The van der Waals surface area contributed by atoms with Gasteiger partial charge in [-0.2, -0.15) is 18.2 Å². The van der Waals surface area contributed by atoms with Gasteiger partial charge in [0.25, 0.3) is 5.91 Å². The lowest BCUT2D eigenvalue weighted by Crippen LogP contribution is -2.14. The number of rotatable bonds is 2. The first-order valence-corrected chi connectivity index (χ1v) is 8.46. The molecule has 1 amide bonds. The van der Waals surface area contributed by atoms with E-state index in [-0.39, 0.29) is 5.56 Å². The van der Waals surface area contributed by atoms with E-state index in [1.807, 2.05) is 18.2 Å². The number of alkyl halides is 3. The second kappa shape index (κ2) is 6.48. The van der Waals surface area contributed by atoms with Crippen molar-refractivity contribution in [3.05, 3.63) is 64.0 Å². The third-order valence-electron chi connectivity index (χ3n) is 3.92. The zero-order valence-corrected chi connectivity index (χ0v) is 14.4. The van der Waals surface area contributed by atoms with E-state index in [2.05, 4.69) is 11.9 Å². The van der Waals surface area contributed by atoms with E-state index in [9.17, 15) is 18.0 Å². The summed E-state index contributed by atoms with van der Waals surface area (Å²) in [6.45, 7) is 2.05. The van der Waals surface area contributed by atoms with Crippen molar-refractivity contribution in [2.45, 2.75) is 19.5 Å². The second-order valence-corrected chi connectivity index (χ2v) is 6.60. The zero-order chi connectivity index (χ0) is 18.2. The fraction of sp³-hybridized carbons (Fsp3) is 0.222. The van der Waals surface area contributed by atoms with Gasteiger partial charge in [-0.1, -0.05) is 30.4 Å². The molecular weight excluding hydrogens is 349 g/mol. The third-order valence-corrected chi connectivity index (χ3v) is 5.01. The number of fused-ring (bicyclic) bond motifs is 1. The Morgan fingerprint density at radius 3 is 2.64 bits per heavy atom. The standard InChI is InChI=1S/C18H15F3N2OS/c1-3-11-7-8-14-15(9-11)25-17(23(14)2)22-16(24)12-5-4-6-13(10-12)18(19,20)21/h4-10H,3H2,1-2H3. The first-order chi connectivity index (χ1) is 11.8. The lowest BCUT2D eigenvalue weighted by Gasteiger charge is -2.06. The van der Waals surface area contributed by atoms with Crippen LogP contribution in [0.1, 0.15) is 28.4 Å². The molecule has 25 heavy (non-hydrogen) atoms. The highest BCUT2D eigenvalue weighted by Gasteiger charge is 2.30. The van der Waals surface area contributed by atoms with Crippen molar-refractivity contribution < 1.29 is 18.0 Å².